The Morgan fingerprint density at radius 1 is 1.21 bits per heavy atom. The Hall–Kier alpha value is -1.27. The van der Waals surface area contributed by atoms with Crippen molar-refractivity contribution in [2.45, 2.75) is 24.8 Å². The molecule has 0 atom stereocenters. The van der Waals surface area contributed by atoms with Gasteiger partial charge < -0.3 is 4.74 Å². The van der Waals surface area contributed by atoms with Crippen molar-refractivity contribution in [3.8, 4) is 17.1 Å². The molecule has 0 saturated heterocycles. The molecular weight excluding hydrogens is 274 g/mol. The fourth-order valence-corrected chi connectivity index (χ4v) is 3.98. The van der Waals surface area contributed by atoms with Gasteiger partial charge >= 0.3 is 0 Å². The predicted molar refractivity (Wildman–Crippen MR) is 82.4 cm³/mol. The van der Waals surface area contributed by atoms with Crippen LogP contribution < -0.4 is 4.74 Å². The maximum Gasteiger partial charge on any atom is 0.208 e. The highest BCUT2D eigenvalue weighted by atomic mass is 32.2. The lowest BCUT2D eigenvalue weighted by atomic mass is 10.2. The lowest BCUT2D eigenvalue weighted by Crippen LogP contribution is -2.23. The zero-order valence-corrected chi connectivity index (χ0v) is 13.5. The highest BCUT2D eigenvalue weighted by molar-refractivity contribution is 8.00. The summed E-state index contributed by atoms with van der Waals surface area (Å²) in [6.45, 7) is 7.03. The first kappa shape index (κ1) is 14.1. The summed E-state index contributed by atoms with van der Waals surface area (Å²) >= 11 is 1.73. The van der Waals surface area contributed by atoms with Crippen LogP contribution in [-0.4, -0.2) is 35.7 Å². The molecule has 0 fully saturated rings. The van der Waals surface area contributed by atoms with Gasteiger partial charge in [-0.2, -0.15) is 0 Å². The summed E-state index contributed by atoms with van der Waals surface area (Å²) < 4.78 is 5.14. The molecule has 0 amide bonds. The third-order valence-electron chi connectivity index (χ3n) is 2.46. The largest absolute Gasteiger partial charge is 0.497 e. The average Bonchev–Trinajstić information content (AvgIpc) is 2.84. The Morgan fingerprint density at radius 2 is 1.89 bits per heavy atom. The van der Waals surface area contributed by atoms with E-state index in [9.17, 15) is 0 Å². The number of nitrogens with one attached hydrogen (secondary N) is 1. The molecule has 1 N–H and O–H groups in total. The monoisotopic (exact) mass is 293 g/mol. The lowest BCUT2D eigenvalue weighted by molar-refractivity contribution is 0.415. The first-order chi connectivity index (χ1) is 8.98. The summed E-state index contributed by atoms with van der Waals surface area (Å²) in [6, 6.07) is 7.80. The minimum Gasteiger partial charge on any atom is -0.497 e. The molecule has 19 heavy (non-hydrogen) atoms. The van der Waals surface area contributed by atoms with Gasteiger partial charge in [-0.3, -0.25) is 5.10 Å². The van der Waals surface area contributed by atoms with Gasteiger partial charge in [0, 0.05) is 5.56 Å². The number of methoxy groups -OCH3 is 1. The Morgan fingerprint density at radius 3 is 2.47 bits per heavy atom. The van der Waals surface area contributed by atoms with E-state index >= 15 is 0 Å². The quantitative estimate of drug-likeness (QED) is 0.677. The molecule has 0 unspecified atom stereocenters. The SMILES string of the molecule is COc1ccc(-c2nc(SC[Si](C)(C)C)n[nH]2)cc1. The molecule has 1 aromatic heterocycles. The lowest BCUT2D eigenvalue weighted by Gasteiger charge is -2.12. The summed E-state index contributed by atoms with van der Waals surface area (Å²) in [6.07, 6.45) is 0. The molecule has 1 heterocycles. The van der Waals surface area contributed by atoms with E-state index in [0.717, 1.165) is 27.7 Å². The smallest absolute Gasteiger partial charge is 0.208 e. The van der Waals surface area contributed by atoms with E-state index in [4.69, 9.17) is 4.74 Å². The van der Waals surface area contributed by atoms with Gasteiger partial charge in [0.05, 0.1) is 15.2 Å². The number of aromatic nitrogens is 3. The van der Waals surface area contributed by atoms with Crippen LogP contribution in [0.4, 0.5) is 0 Å². The van der Waals surface area contributed by atoms with Crippen LogP contribution >= 0.6 is 11.8 Å². The van der Waals surface area contributed by atoms with Crippen LogP contribution in [0.2, 0.25) is 19.6 Å². The number of H-pyrrole nitrogens is 1. The van der Waals surface area contributed by atoms with E-state index in [-0.39, 0.29) is 0 Å². The number of ether oxygens (including phenoxy) is 1. The average molecular weight is 293 g/mol. The van der Waals surface area contributed by atoms with E-state index in [0.29, 0.717) is 0 Å². The van der Waals surface area contributed by atoms with Crippen molar-refractivity contribution in [3.63, 3.8) is 0 Å². The molecule has 1 aromatic carbocycles. The molecule has 0 aliphatic carbocycles. The number of rotatable bonds is 5. The molecule has 0 spiro atoms. The normalized spacial score (nSPS) is 11.6. The van der Waals surface area contributed by atoms with E-state index in [1.165, 1.54) is 0 Å². The molecule has 6 heteroatoms. The minimum absolute atomic E-state index is 0.806. The van der Waals surface area contributed by atoms with Crippen molar-refractivity contribution in [2.75, 3.05) is 12.5 Å². The van der Waals surface area contributed by atoms with Crippen LogP contribution in [0.5, 0.6) is 5.75 Å². The summed E-state index contributed by atoms with van der Waals surface area (Å²) in [5, 5.41) is 9.20. The molecule has 2 aromatic rings. The second-order valence-electron chi connectivity index (χ2n) is 5.54. The van der Waals surface area contributed by atoms with E-state index < -0.39 is 8.07 Å². The van der Waals surface area contributed by atoms with Gasteiger partial charge in [0.15, 0.2) is 5.82 Å². The van der Waals surface area contributed by atoms with Gasteiger partial charge in [0.1, 0.15) is 5.75 Å². The molecule has 0 radical (unpaired) electrons. The summed E-state index contributed by atoms with van der Waals surface area (Å²) in [5.74, 6) is 1.65. The van der Waals surface area contributed by atoms with Crippen LogP contribution in [0.3, 0.4) is 0 Å². The zero-order valence-electron chi connectivity index (χ0n) is 11.7. The second kappa shape index (κ2) is 5.79. The molecule has 0 bridgehead atoms. The van der Waals surface area contributed by atoms with Crippen LogP contribution in [0.15, 0.2) is 29.4 Å². The molecule has 4 nitrogen and oxygen atoms in total. The highest BCUT2D eigenvalue weighted by Crippen LogP contribution is 2.23. The van der Waals surface area contributed by atoms with Gasteiger partial charge in [-0.05, 0) is 29.6 Å². The number of aromatic amines is 1. The minimum atomic E-state index is -1.07. The van der Waals surface area contributed by atoms with Crippen molar-refractivity contribution < 1.29 is 4.74 Å². The number of benzene rings is 1. The van der Waals surface area contributed by atoms with E-state index in [2.05, 4.69) is 34.8 Å². The van der Waals surface area contributed by atoms with Crippen molar-refractivity contribution >= 4 is 19.8 Å². The van der Waals surface area contributed by atoms with Crippen molar-refractivity contribution in [1.29, 1.82) is 0 Å². The Bertz CT molecular complexity index is 534. The van der Waals surface area contributed by atoms with Crippen molar-refractivity contribution in [1.82, 2.24) is 15.2 Å². The third-order valence-corrected chi connectivity index (χ3v) is 6.94. The van der Waals surface area contributed by atoms with Crippen LogP contribution in [0.1, 0.15) is 0 Å². The van der Waals surface area contributed by atoms with Gasteiger partial charge in [-0.25, -0.2) is 4.98 Å². The van der Waals surface area contributed by atoms with E-state index in [1.54, 1.807) is 18.9 Å². The van der Waals surface area contributed by atoms with Gasteiger partial charge in [0.2, 0.25) is 5.16 Å². The molecular formula is C13H19N3OSSi. The Labute approximate surface area is 119 Å². The molecule has 0 saturated carbocycles. The fraction of sp³-hybridized carbons (Fsp3) is 0.385. The van der Waals surface area contributed by atoms with Crippen molar-refractivity contribution in [3.05, 3.63) is 24.3 Å². The number of hydrogen-bond donors (Lipinski definition) is 1. The fourth-order valence-electron chi connectivity index (χ4n) is 1.47. The number of thioether (sulfide) groups is 1. The van der Waals surface area contributed by atoms with E-state index in [1.807, 2.05) is 24.3 Å². The Balaban J connectivity index is 2.07. The molecule has 2 rings (SSSR count). The van der Waals surface area contributed by atoms with Crippen LogP contribution in [0.25, 0.3) is 11.4 Å². The predicted octanol–water partition coefficient (Wildman–Crippen LogP) is 3.45. The zero-order chi connectivity index (χ0) is 13.9. The number of nitrogens with zero attached hydrogens (tertiary/aromatic N) is 2. The maximum atomic E-state index is 5.14. The maximum absolute atomic E-state index is 5.14. The second-order valence-corrected chi connectivity index (χ2v) is 12.5. The summed E-state index contributed by atoms with van der Waals surface area (Å²) in [5.41, 5.74) is 1.02. The van der Waals surface area contributed by atoms with Crippen LogP contribution in [0, 0.1) is 0 Å². The molecule has 0 aliphatic rings. The van der Waals surface area contributed by atoms with Crippen molar-refractivity contribution in [2.24, 2.45) is 0 Å². The topological polar surface area (TPSA) is 50.8 Å². The first-order valence-electron chi connectivity index (χ1n) is 6.17. The third kappa shape index (κ3) is 4.11. The highest BCUT2D eigenvalue weighted by Gasteiger charge is 2.15. The number of hydrogen-bond acceptors (Lipinski definition) is 4. The molecule has 102 valence electrons. The Kier molecular flexibility index (Phi) is 4.31. The van der Waals surface area contributed by atoms with Gasteiger partial charge in [-0.15, -0.1) is 5.10 Å². The van der Waals surface area contributed by atoms with Crippen LogP contribution in [-0.2, 0) is 0 Å². The summed E-state index contributed by atoms with van der Waals surface area (Å²) in [4.78, 5) is 4.52. The first-order valence-corrected chi connectivity index (χ1v) is 10.9. The molecule has 0 aliphatic heterocycles. The van der Waals surface area contributed by atoms with Gasteiger partial charge in [0.25, 0.3) is 0 Å². The van der Waals surface area contributed by atoms with Gasteiger partial charge in [-0.1, -0.05) is 31.4 Å². The summed E-state index contributed by atoms with van der Waals surface area (Å²) in [7, 11) is 0.591. The standard InChI is InChI=1S/C13H19N3OSSi/c1-17-11-7-5-10(6-8-11)12-14-13(16-15-12)18-9-19(2,3)4/h5-8H,9H2,1-4H3,(H,14,15,16).